The molecule has 0 unspecified atom stereocenters. The number of nitrogens with one attached hydrogen (secondary N) is 2. The second-order valence-electron chi connectivity index (χ2n) is 5.45. The predicted octanol–water partition coefficient (Wildman–Crippen LogP) is 2.24. The molecule has 5 nitrogen and oxygen atoms in total. The fourth-order valence-corrected chi connectivity index (χ4v) is 3.30. The highest BCUT2D eigenvalue weighted by atomic mass is 127. The van der Waals surface area contributed by atoms with E-state index in [1.165, 1.54) is 4.88 Å². The van der Waals surface area contributed by atoms with Crippen molar-refractivity contribution in [3.05, 3.63) is 22.4 Å². The third-order valence-electron chi connectivity index (χ3n) is 3.25. The summed E-state index contributed by atoms with van der Waals surface area (Å²) in [6, 6.07) is 4.17. The number of hydrogen-bond donors (Lipinski definition) is 2. The molecular weight excluding hydrogens is 433 g/mol. The van der Waals surface area contributed by atoms with Gasteiger partial charge in [0, 0.05) is 36.2 Å². The number of nitrogens with zero attached hydrogens (tertiary/aromatic N) is 1. The minimum Gasteiger partial charge on any atom is -0.356 e. The lowest BCUT2D eigenvalue weighted by Crippen LogP contribution is -2.44. The standard InChI is InChI=1S/C14H25N3O2S2.HI/c1-5-21(18,19)10-8-16-13(15-4)17-11-14(2,3)12-7-6-9-20-12;/h6-7,9H,5,8,10-11H2,1-4H3,(H2,15,16,17);1H. The van der Waals surface area contributed by atoms with Crippen molar-refractivity contribution in [2.75, 3.05) is 31.6 Å². The van der Waals surface area contributed by atoms with Gasteiger partial charge in [-0.05, 0) is 11.4 Å². The van der Waals surface area contributed by atoms with Crippen LogP contribution in [-0.2, 0) is 15.3 Å². The highest BCUT2D eigenvalue weighted by Gasteiger charge is 2.21. The third kappa shape index (κ3) is 7.28. The van der Waals surface area contributed by atoms with E-state index in [9.17, 15) is 8.42 Å². The molecule has 1 aromatic rings. The smallest absolute Gasteiger partial charge is 0.191 e. The van der Waals surface area contributed by atoms with Crippen LogP contribution in [0.4, 0.5) is 0 Å². The molecule has 0 saturated heterocycles. The highest BCUT2D eigenvalue weighted by Crippen LogP contribution is 2.26. The molecule has 0 aliphatic carbocycles. The topological polar surface area (TPSA) is 70.6 Å². The molecular formula is C14H26IN3O2S2. The maximum atomic E-state index is 11.4. The summed E-state index contributed by atoms with van der Waals surface area (Å²) in [5.41, 5.74) is 0.00127. The first kappa shape index (κ1) is 21.6. The number of halogens is 1. The predicted molar refractivity (Wildman–Crippen MR) is 106 cm³/mol. The van der Waals surface area contributed by atoms with Crippen molar-refractivity contribution in [3.63, 3.8) is 0 Å². The van der Waals surface area contributed by atoms with E-state index in [-0.39, 0.29) is 40.9 Å². The van der Waals surface area contributed by atoms with Crippen LogP contribution < -0.4 is 10.6 Å². The van der Waals surface area contributed by atoms with E-state index >= 15 is 0 Å². The van der Waals surface area contributed by atoms with Crippen LogP contribution >= 0.6 is 35.3 Å². The highest BCUT2D eigenvalue weighted by molar-refractivity contribution is 14.0. The molecule has 0 atom stereocenters. The molecule has 0 bridgehead atoms. The Bertz CT molecular complexity index is 555. The first-order valence-corrected chi connectivity index (χ1v) is 9.70. The van der Waals surface area contributed by atoms with Crippen LogP contribution in [0.1, 0.15) is 25.6 Å². The van der Waals surface area contributed by atoms with Gasteiger partial charge in [-0.15, -0.1) is 35.3 Å². The van der Waals surface area contributed by atoms with E-state index < -0.39 is 9.84 Å². The zero-order valence-electron chi connectivity index (χ0n) is 13.5. The lowest BCUT2D eigenvalue weighted by atomic mass is 9.91. The van der Waals surface area contributed by atoms with Gasteiger partial charge in [0.2, 0.25) is 0 Å². The van der Waals surface area contributed by atoms with Crippen molar-refractivity contribution < 1.29 is 8.42 Å². The lowest BCUT2D eigenvalue weighted by molar-refractivity contribution is 0.519. The number of aliphatic imine (C=N–C) groups is 1. The van der Waals surface area contributed by atoms with Crippen molar-refractivity contribution in [2.24, 2.45) is 4.99 Å². The van der Waals surface area contributed by atoms with Crippen LogP contribution in [-0.4, -0.2) is 46.0 Å². The number of guanidine groups is 1. The average Bonchev–Trinajstić information content (AvgIpc) is 2.97. The summed E-state index contributed by atoms with van der Waals surface area (Å²) in [5, 5.41) is 8.36. The average molecular weight is 459 g/mol. The SMILES string of the molecule is CCS(=O)(=O)CCNC(=NC)NCC(C)(C)c1cccs1.I. The Morgan fingerprint density at radius 2 is 2.05 bits per heavy atom. The van der Waals surface area contributed by atoms with Gasteiger partial charge >= 0.3 is 0 Å². The minimum absolute atomic E-state index is 0. The zero-order valence-corrected chi connectivity index (χ0v) is 17.5. The first-order chi connectivity index (χ1) is 9.80. The van der Waals surface area contributed by atoms with Crippen molar-refractivity contribution in [3.8, 4) is 0 Å². The number of thiophene rings is 1. The van der Waals surface area contributed by atoms with E-state index in [4.69, 9.17) is 0 Å². The summed E-state index contributed by atoms with van der Waals surface area (Å²) in [6.07, 6.45) is 0. The van der Waals surface area contributed by atoms with Gasteiger partial charge < -0.3 is 10.6 Å². The molecule has 8 heteroatoms. The lowest BCUT2D eigenvalue weighted by Gasteiger charge is -2.25. The van der Waals surface area contributed by atoms with E-state index in [1.807, 2.05) is 6.07 Å². The van der Waals surface area contributed by atoms with Gasteiger partial charge in [-0.3, -0.25) is 4.99 Å². The number of rotatable bonds is 7. The van der Waals surface area contributed by atoms with Crippen LogP contribution in [0.15, 0.2) is 22.5 Å². The van der Waals surface area contributed by atoms with Crippen LogP contribution in [0.5, 0.6) is 0 Å². The molecule has 128 valence electrons. The van der Waals surface area contributed by atoms with Crippen LogP contribution in [0.25, 0.3) is 0 Å². The van der Waals surface area contributed by atoms with Gasteiger partial charge in [0.1, 0.15) is 0 Å². The molecule has 1 aromatic heterocycles. The Morgan fingerprint density at radius 3 is 2.55 bits per heavy atom. The normalized spacial score (nSPS) is 12.6. The second kappa shape index (κ2) is 9.71. The number of sulfone groups is 1. The summed E-state index contributed by atoms with van der Waals surface area (Å²) in [7, 11) is -1.26. The van der Waals surface area contributed by atoms with Crippen LogP contribution in [0, 0.1) is 0 Å². The summed E-state index contributed by atoms with van der Waals surface area (Å²) < 4.78 is 22.9. The molecule has 0 aliphatic heterocycles. The Hall–Kier alpha value is -0.350. The molecule has 1 rings (SSSR count). The molecule has 0 spiro atoms. The monoisotopic (exact) mass is 459 g/mol. The van der Waals surface area contributed by atoms with E-state index in [1.54, 1.807) is 25.3 Å². The quantitative estimate of drug-likeness (QED) is 0.373. The van der Waals surface area contributed by atoms with Gasteiger partial charge in [0.05, 0.1) is 5.75 Å². The molecule has 0 aromatic carbocycles. The van der Waals surface area contributed by atoms with Gasteiger partial charge in [-0.1, -0.05) is 26.8 Å². The Kier molecular flexibility index (Phi) is 9.56. The van der Waals surface area contributed by atoms with Crippen LogP contribution in [0.2, 0.25) is 0 Å². The fraction of sp³-hybridized carbons (Fsp3) is 0.643. The van der Waals surface area contributed by atoms with E-state index in [0.29, 0.717) is 12.5 Å². The van der Waals surface area contributed by atoms with Crippen molar-refractivity contribution in [2.45, 2.75) is 26.2 Å². The Balaban J connectivity index is 0.00000441. The van der Waals surface area contributed by atoms with Gasteiger partial charge in [-0.2, -0.15) is 0 Å². The maximum Gasteiger partial charge on any atom is 0.191 e. The summed E-state index contributed by atoms with van der Waals surface area (Å²) in [6.45, 7) is 7.09. The fourth-order valence-electron chi connectivity index (χ4n) is 1.75. The van der Waals surface area contributed by atoms with Crippen LogP contribution in [0.3, 0.4) is 0 Å². The summed E-state index contributed by atoms with van der Waals surface area (Å²) in [4.78, 5) is 5.43. The van der Waals surface area contributed by atoms with Gasteiger partial charge in [0.25, 0.3) is 0 Å². The second-order valence-corrected chi connectivity index (χ2v) is 8.87. The molecule has 22 heavy (non-hydrogen) atoms. The Labute approximate surface area is 154 Å². The summed E-state index contributed by atoms with van der Waals surface area (Å²) >= 11 is 1.73. The maximum absolute atomic E-state index is 11.4. The molecule has 0 radical (unpaired) electrons. The largest absolute Gasteiger partial charge is 0.356 e. The van der Waals surface area contributed by atoms with Gasteiger partial charge in [-0.25, -0.2) is 8.42 Å². The molecule has 0 saturated carbocycles. The molecule has 0 fully saturated rings. The minimum atomic E-state index is -2.95. The zero-order chi connectivity index (χ0) is 15.9. The number of hydrogen-bond acceptors (Lipinski definition) is 4. The van der Waals surface area contributed by atoms with Crippen molar-refractivity contribution >= 4 is 51.1 Å². The summed E-state index contributed by atoms with van der Waals surface area (Å²) in [5.74, 6) is 0.927. The first-order valence-electron chi connectivity index (χ1n) is 6.99. The van der Waals surface area contributed by atoms with Crippen molar-refractivity contribution in [1.29, 1.82) is 0 Å². The molecule has 2 N–H and O–H groups in total. The molecule has 0 amide bonds. The molecule has 1 heterocycles. The molecule has 0 aliphatic rings. The van der Waals surface area contributed by atoms with E-state index in [2.05, 4.69) is 40.9 Å². The van der Waals surface area contributed by atoms with Crippen molar-refractivity contribution in [1.82, 2.24) is 10.6 Å². The Morgan fingerprint density at radius 1 is 1.36 bits per heavy atom. The van der Waals surface area contributed by atoms with E-state index in [0.717, 1.165) is 6.54 Å². The van der Waals surface area contributed by atoms with Gasteiger partial charge in [0.15, 0.2) is 15.8 Å². The third-order valence-corrected chi connectivity index (χ3v) is 6.20.